The molecule has 78 heavy (non-hydrogen) atoms. The average Bonchev–Trinajstić information content (AvgIpc) is 2.51. The standard InChI is InChI=1S/C73H60F2N2O/c1-45-15-13-17-55(41-45)76(53-35-27-47(28-36-53)71(3,4)5)57-39-40-60-62(43-57)58-19-9-10-20-59(58)66-68-63(73(69(60)66,49-23-31-51(74)32-24-49)50-25-33-52(75)34-26-50)44-64(70-67(68)61-21-11-12-22-65(61)78-70)77(56-18-14-16-46(2)42-56)54-37-29-48(30-38-54)72(6,7)8/h9-44H,1-8H3. The number of para-hydroxylation sites is 1. The van der Waals surface area contributed by atoms with Crippen LogP contribution < -0.4 is 9.80 Å². The highest BCUT2D eigenvalue weighted by Gasteiger charge is 2.50. The van der Waals surface area contributed by atoms with Gasteiger partial charge in [0.2, 0.25) is 0 Å². The van der Waals surface area contributed by atoms with Crippen LogP contribution in [0.15, 0.2) is 223 Å². The highest BCUT2D eigenvalue weighted by atomic mass is 19.1. The molecule has 1 aromatic heterocycles. The Hall–Kier alpha value is -8.80. The fraction of sp³-hybridized carbons (Fsp3) is 0.151. The van der Waals surface area contributed by atoms with Gasteiger partial charge in [0.1, 0.15) is 17.2 Å². The third-order valence-electron chi connectivity index (χ3n) is 16.2. The minimum absolute atomic E-state index is 0.0142. The van der Waals surface area contributed by atoms with E-state index in [-0.39, 0.29) is 22.5 Å². The molecule has 0 saturated carbocycles. The molecule has 0 spiro atoms. The molecule has 0 fully saturated rings. The fourth-order valence-electron chi connectivity index (χ4n) is 12.5. The largest absolute Gasteiger partial charge is 0.454 e. The summed E-state index contributed by atoms with van der Waals surface area (Å²) in [6, 6.07) is 75.4. The Labute approximate surface area is 455 Å². The van der Waals surface area contributed by atoms with Gasteiger partial charge in [0, 0.05) is 39.2 Å². The van der Waals surface area contributed by atoms with Gasteiger partial charge >= 0.3 is 0 Å². The minimum Gasteiger partial charge on any atom is -0.454 e. The number of nitrogens with zero attached hydrogens (tertiary/aromatic N) is 2. The van der Waals surface area contributed by atoms with E-state index in [9.17, 15) is 0 Å². The predicted molar refractivity (Wildman–Crippen MR) is 322 cm³/mol. The molecule has 0 radical (unpaired) electrons. The number of hydrogen-bond donors (Lipinski definition) is 0. The second kappa shape index (κ2) is 18.2. The Morgan fingerprint density at radius 3 is 1.44 bits per heavy atom. The van der Waals surface area contributed by atoms with E-state index < -0.39 is 5.41 Å². The highest BCUT2D eigenvalue weighted by Crippen LogP contribution is 2.64. The lowest BCUT2D eigenvalue weighted by atomic mass is 9.66. The van der Waals surface area contributed by atoms with Crippen LogP contribution in [0.4, 0.5) is 42.9 Å². The summed E-state index contributed by atoms with van der Waals surface area (Å²) in [4.78, 5) is 4.67. The molecule has 0 N–H and O–H groups in total. The van der Waals surface area contributed by atoms with Gasteiger partial charge in [0.15, 0.2) is 5.58 Å². The quantitative estimate of drug-likeness (QED) is 0.141. The van der Waals surface area contributed by atoms with Crippen molar-refractivity contribution in [2.24, 2.45) is 0 Å². The van der Waals surface area contributed by atoms with Crippen LogP contribution in [0.3, 0.4) is 0 Å². The maximum atomic E-state index is 15.7. The van der Waals surface area contributed by atoms with Gasteiger partial charge in [0.25, 0.3) is 0 Å². The Morgan fingerprint density at radius 2 is 0.885 bits per heavy atom. The van der Waals surface area contributed by atoms with Crippen molar-refractivity contribution in [2.45, 2.75) is 71.6 Å². The molecule has 0 saturated heterocycles. The Morgan fingerprint density at radius 1 is 0.397 bits per heavy atom. The van der Waals surface area contributed by atoms with Crippen molar-refractivity contribution in [1.29, 1.82) is 0 Å². The zero-order chi connectivity index (χ0) is 53.8. The van der Waals surface area contributed by atoms with Crippen molar-refractivity contribution in [1.82, 2.24) is 0 Å². The molecule has 382 valence electrons. The number of hydrogen-bond acceptors (Lipinski definition) is 3. The zero-order valence-electron chi connectivity index (χ0n) is 45.3. The molecular formula is C73H60F2N2O. The molecular weight excluding hydrogens is 959 g/mol. The van der Waals surface area contributed by atoms with E-state index in [0.29, 0.717) is 0 Å². The second-order valence-corrected chi connectivity index (χ2v) is 23.4. The van der Waals surface area contributed by atoms with Crippen molar-refractivity contribution in [3.05, 3.63) is 275 Å². The lowest BCUT2D eigenvalue weighted by Gasteiger charge is -2.36. The molecule has 12 aromatic rings. The van der Waals surface area contributed by atoms with Crippen molar-refractivity contribution < 1.29 is 13.2 Å². The molecule has 1 aliphatic carbocycles. The number of aryl methyl sites for hydroxylation is 2. The molecule has 0 atom stereocenters. The minimum atomic E-state index is -1.13. The maximum Gasteiger partial charge on any atom is 0.160 e. The zero-order valence-corrected chi connectivity index (χ0v) is 45.3. The summed E-state index contributed by atoms with van der Waals surface area (Å²) in [7, 11) is 0. The molecule has 1 heterocycles. The molecule has 3 nitrogen and oxygen atoms in total. The Kier molecular flexibility index (Phi) is 11.4. The summed E-state index contributed by atoms with van der Waals surface area (Å²) < 4.78 is 38.6. The van der Waals surface area contributed by atoms with E-state index in [2.05, 4.69) is 229 Å². The van der Waals surface area contributed by atoms with E-state index in [1.54, 1.807) is 24.3 Å². The van der Waals surface area contributed by atoms with Crippen LogP contribution in [-0.4, -0.2) is 0 Å². The summed E-state index contributed by atoms with van der Waals surface area (Å²) in [5.74, 6) is -0.680. The third kappa shape index (κ3) is 7.81. The van der Waals surface area contributed by atoms with Gasteiger partial charge in [-0.15, -0.1) is 0 Å². The normalized spacial score (nSPS) is 13.1. The summed E-state index contributed by atoms with van der Waals surface area (Å²) in [6.45, 7) is 17.7. The fourth-order valence-corrected chi connectivity index (χ4v) is 12.5. The first kappa shape index (κ1) is 48.8. The number of benzene rings is 11. The summed E-state index contributed by atoms with van der Waals surface area (Å²) >= 11 is 0. The van der Waals surface area contributed by atoms with Gasteiger partial charge in [-0.3, -0.25) is 0 Å². The first-order chi connectivity index (χ1) is 37.6. The van der Waals surface area contributed by atoms with Crippen molar-refractivity contribution >= 4 is 77.6 Å². The van der Waals surface area contributed by atoms with Crippen LogP contribution in [0.1, 0.15) is 86.1 Å². The van der Waals surface area contributed by atoms with Crippen LogP contribution in [0.25, 0.3) is 54.6 Å². The number of anilines is 6. The van der Waals surface area contributed by atoms with E-state index in [4.69, 9.17) is 4.42 Å². The van der Waals surface area contributed by atoms with Crippen molar-refractivity contribution in [2.75, 3.05) is 9.80 Å². The van der Waals surface area contributed by atoms with Crippen LogP contribution in [0.2, 0.25) is 0 Å². The SMILES string of the molecule is Cc1cccc(N(c2ccc(C(C)(C)C)cc2)c2ccc3c4c(c5ccccc5c3c2)-c2c(cc(N(c3ccc(C(C)(C)C)cc3)c3cccc(C)c3)c3oc5ccccc5c23)C4(c2ccc(F)cc2)c2ccc(F)cc2)c1. The Balaban J connectivity index is 1.20. The van der Waals surface area contributed by atoms with Crippen LogP contribution >= 0.6 is 0 Å². The first-order valence-corrected chi connectivity index (χ1v) is 27.0. The molecule has 5 heteroatoms. The number of fused-ring (bicyclic) bond motifs is 12. The van der Waals surface area contributed by atoms with Crippen molar-refractivity contribution in [3.8, 4) is 11.1 Å². The highest BCUT2D eigenvalue weighted by molar-refractivity contribution is 6.27. The molecule has 0 amide bonds. The first-order valence-electron chi connectivity index (χ1n) is 27.0. The van der Waals surface area contributed by atoms with E-state index in [1.807, 2.05) is 30.3 Å². The number of halogens is 2. The van der Waals surface area contributed by atoms with Crippen LogP contribution in [0, 0.1) is 25.5 Å². The predicted octanol–water partition coefficient (Wildman–Crippen LogP) is 20.7. The number of furan rings is 1. The molecule has 11 aromatic carbocycles. The Bertz CT molecular complexity index is 4260. The molecule has 0 unspecified atom stereocenters. The van der Waals surface area contributed by atoms with Crippen LogP contribution in [-0.2, 0) is 16.2 Å². The van der Waals surface area contributed by atoms with Gasteiger partial charge in [-0.1, -0.05) is 163 Å². The van der Waals surface area contributed by atoms with Crippen LogP contribution in [0.5, 0.6) is 0 Å². The van der Waals surface area contributed by atoms with Crippen molar-refractivity contribution in [3.63, 3.8) is 0 Å². The molecule has 0 aliphatic heterocycles. The van der Waals surface area contributed by atoms with Gasteiger partial charge in [0.05, 0.1) is 11.1 Å². The monoisotopic (exact) mass is 1020 g/mol. The summed E-state index contributed by atoms with van der Waals surface area (Å²) in [5, 5.41) is 6.18. The molecule has 13 rings (SSSR count). The lowest BCUT2D eigenvalue weighted by Crippen LogP contribution is -2.29. The maximum absolute atomic E-state index is 15.7. The van der Waals surface area contributed by atoms with E-state index in [1.165, 1.54) is 11.1 Å². The van der Waals surface area contributed by atoms with Gasteiger partial charge in [-0.25, -0.2) is 8.78 Å². The smallest absolute Gasteiger partial charge is 0.160 e. The summed E-state index contributed by atoms with van der Waals surface area (Å²) in [5.41, 5.74) is 16.7. The summed E-state index contributed by atoms with van der Waals surface area (Å²) in [6.07, 6.45) is 0. The topological polar surface area (TPSA) is 19.6 Å². The molecule has 1 aliphatic rings. The van der Waals surface area contributed by atoms with E-state index >= 15 is 8.78 Å². The van der Waals surface area contributed by atoms with Gasteiger partial charge in [-0.2, -0.15) is 0 Å². The third-order valence-corrected chi connectivity index (χ3v) is 16.2. The van der Waals surface area contributed by atoms with E-state index in [0.717, 1.165) is 122 Å². The second-order valence-electron chi connectivity index (χ2n) is 23.4. The van der Waals surface area contributed by atoms with Gasteiger partial charge in [-0.05, 0) is 199 Å². The molecule has 0 bridgehead atoms. The average molecular weight is 1020 g/mol. The lowest BCUT2D eigenvalue weighted by molar-refractivity contribution is 0.590. The van der Waals surface area contributed by atoms with Gasteiger partial charge < -0.3 is 14.2 Å². The number of rotatable bonds is 8.